The summed E-state index contributed by atoms with van der Waals surface area (Å²) in [5, 5.41) is 0. The summed E-state index contributed by atoms with van der Waals surface area (Å²) in [6.45, 7) is 7.90. The maximum Gasteiger partial charge on any atom is 0.306 e. The molecule has 0 amide bonds. The van der Waals surface area contributed by atoms with E-state index in [1.54, 1.807) is 0 Å². The summed E-state index contributed by atoms with van der Waals surface area (Å²) in [4.78, 5) is 25.4. The highest BCUT2D eigenvalue weighted by atomic mass is 16.6. The van der Waals surface area contributed by atoms with Crippen molar-refractivity contribution in [2.75, 3.05) is 19.8 Å². The predicted octanol–water partition coefficient (Wildman–Crippen LogP) is 17.7. The van der Waals surface area contributed by atoms with Crippen LogP contribution in [0.25, 0.3) is 0 Å². The third-order valence-electron chi connectivity index (χ3n) is 12.1. The minimum atomic E-state index is -0.522. The topological polar surface area (TPSA) is 61.8 Å². The van der Waals surface area contributed by atoms with Crippen molar-refractivity contribution < 1.29 is 23.8 Å². The van der Waals surface area contributed by atoms with Crippen LogP contribution in [0, 0.1) is 0 Å². The van der Waals surface area contributed by atoms with E-state index in [2.05, 4.69) is 20.8 Å². The zero-order valence-corrected chi connectivity index (χ0v) is 39.9. The molecule has 0 aromatic rings. The summed E-state index contributed by atoms with van der Waals surface area (Å²) in [7, 11) is 0. The van der Waals surface area contributed by atoms with Gasteiger partial charge >= 0.3 is 11.9 Å². The van der Waals surface area contributed by atoms with Crippen molar-refractivity contribution in [1.29, 1.82) is 0 Å². The normalized spacial score (nSPS) is 12.0. The summed E-state index contributed by atoms with van der Waals surface area (Å²) >= 11 is 0. The first-order chi connectivity index (χ1) is 28.6. The maximum absolute atomic E-state index is 12.8. The van der Waals surface area contributed by atoms with Crippen molar-refractivity contribution in [3.8, 4) is 0 Å². The van der Waals surface area contributed by atoms with Gasteiger partial charge in [0.2, 0.25) is 0 Å². The molecule has 0 saturated carbocycles. The van der Waals surface area contributed by atoms with Crippen LogP contribution in [0.15, 0.2) is 0 Å². The van der Waals surface area contributed by atoms with E-state index in [-0.39, 0.29) is 18.5 Å². The van der Waals surface area contributed by atoms with Crippen LogP contribution in [-0.4, -0.2) is 37.9 Å². The molecule has 0 fully saturated rings. The molecule has 0 aromatic heterocycles. The lowest BCUT2D eigenvalue weighted by molar-refractivity contribution is -0.163. The molecule has 1 unspecified atom stereocenters. The number of hydrogen-bond acceptors (Lipinski definition) is 5. The maximum atomic E-state index is 12.8. The highest BCUT2D eigenvalue weighted by molar-refractivity contribution is 5.70. The molecule has 0 aromatic carbocycles. The quantitative estimate of drug-likeness (QED) is 0.0452. The van der Waals surface area contributed by atoms with Gasteiger partial charge in [-0.25, -0.2) is 0 Å². The molecule has 5 nitrogen and oxygen atoms in total. The standard InChI is InChI=1S/C53H104O5/c1-4-7-10-13-16-19-22-24-25-26-27-28-29-31-32-34-37-40-43-46-52(54)57-50-51(49-56-48-45-42-39-36-21-18-15-12-9-6-3)58-53(55)47-44-41-38-35-33-30-23-20-17-14-11-8-5-2/h51H,4-50H2,1-3H3. The Hall–Kier alpha value is -1.10. The number of hydrogen-bond donors (Lipinski definition) is 0. The van der Waals surface area contributed by atoms with Gasteiger partial charge in [0.1, 0.15) is 6.61 Å². The van der Waals surface area contributed by atoms with Crippen molar-refractivity contribution in [1.82, 2.24) is 0 Å². The van der Waals surface area contributed by atoms with Gasteiger partial charge in [-0.05, 0) is 19.3 Å². The fourth-order valence-electron chi connectivity index (χ4n) is 8.16. The number of carbonyl (C=O) groups is 2. The molecule has 346 valence electrons. The molecule has 0 aliphatic rings. The Balaban J connectivity index is 4.10. The van der Waals surface area contributed by atoms with Gasteiger partial charge in [0.05, 0.1) is 6.61 Å². The average molecular weight is 821 g/mol. The molecule has 0 aliphatic carbocycles. The van der Waals surface area contributed by atoms with Gasteiger partial charge in [-0.1, -0.05) is 271 Å². The number of esters is 2. The van der Waals surface area contributed by atoms with Gasteiger partial charge in [0.25, 0.3) is 0 Å². The summed E-state index contributed by atoms with van der Waals surface area (Å²) < 4.78 is 17.4. The van der Waals surface area contributed by atoms with Crippen molar-refractivity contribution in [2.45, 2.75) is 309 Å². The Morgan fingerprint density at radius 1 is 0.310 bits per heavy atom. The minimum Gasteiger partial charge on any atom is -0.462 e. The van der Waals surface area contributed by atoms with Crippen LogP contribution in [0.5, 0.6) is 0 Å². The SMILES string of the molecule is CCCCCCCCCCCCCCCCCCCCCC(=O)OCC(COCCCCCCCCCCCC)OC(=O)CCCCCCCCCCCCCCC. The van der Waals surface area contributed by atoms with Crippen molar-refractivity contribution in [2.24, 2.45) is 0 Å². The second-order valence-electron chi connectivity index (χ2n) is 18.2. The summed E-state index contributed by atoms with van der Waals surface area (Å²) in [5.41, 5.74) is 0. The Bertz CT molecular complexity index is 799. The van der Waals surface area contributed by atoms with Crippen LogP contribution < -0.4 is 0 Å². The lowest BCUT2D eigenvalue weighted by Crippen LogP contribution is -2.30. The number of carbonyl (C=O) groups excluding carboxylic acids is 2. The van der Waals surface area contributed by atoms with Gasteiger partial charge in [0, 0.05) is 19.4 Å². The number of rotatable bonds is 50. The zero-order valence-electron chi connectivity index (χ0n) is 39.9. The van der Waals surface area contributed by atoms with Crippen LogP contribution >= 0.6 is 0 Å². The van der Waals surface area contributed by atoms with Gasteiger partial charge in [-0.2, -0.15) is 0 Å². The second-order valence-corrected chi connectivity index (χ2v) is 18.2. The lowest BCUT2D eigenvalue weighted by Gasteiger charge is -2.18. The van der Waals surface area contributed by atoms with Crippen LogP contribution in [-0.2, 0) is 23.8 Å². The average Bonchev–Trinajstić information content (AvgIpc) is 3.22. The van der Waals surface area contributed by atoms with E-state index in [9.17, 15) is 9.59 Å². The van der Waals surface area contributed by atoms with Crippen LogP contribution in [0.1, 0.15) is 303 Å². The molecule has 5 heteroatoms. The van der Waals surface area contributed by atoms with E-state index < -0.39 is 6.10 Å². The molecular weight excluding hydrogens is 717 g/mol. The van der Waals surface area contributed by atoms with E-state index in [1.807, 2.05) is 0 Å². The van der Waals surface area contributed by atoms with Crippen LogP contribution in [0.4, 0.5) is 0 Å². The van der Waals surface area contributed by atoms with Crippen LogP contribution in [0.3, 0.4) is 0 Å². The largest absolute Gasteiger partial charge is 0.462 e. The Morgan fingerprint density at radius 2 is 0.569 bits per heavy atom. The van der Waals surface area contributed by atoms with E-state index in [1.165, 1.54) is 238 Å². The first kappa shape index (κ1) is 56.9. The highest BCUT2D eigenvalue weighted by Crippen LogP contribution is 2.17. The molecule has 58 heavy (non-hydrogen) atoms. The second kappa shape index (κ2) is 50.3. The molecule has 1 atom stereocenters. The molecule has 0 saturated heterocycles. The fourth-order valence-corrected chi connectivity index (χ4v) is 8.16. The molecule has 0 radical (unpaired) electrons. The van der Waals surface area contributed by atoms with Gasteiger partial charge in [-0.15, -0.1) is 0 Å². The molecule has 0 heterocycles. The van der Waals surface area contributed by atoms with Gasteiger partial charge in [-0.3, -0.25) is 9.59 Å². The lowest BCUT2D eigenvalue weighted by atomic mass is 10.0. The molecular formula is C53H104O5. The molecule has 0 aliphatic heterocycles. The van der Waals surface area contributed by atoms with Crippen molar-refractivity contribution >= 4 is 11.9 Å². The first-order valence-corrected chi connectivity index (χ1v) is 26.6. The molecule has 0 N–H and O–H groups in total. The third kappa shape index (κ3) is 47.6. The fraction of sp³-hybridized carbons (Fsp3) is 0.962. The monoisotopic (exact) mass is 821 g/mol. The number of ether oxygens (including phenoxy) is 3. The van der Waals surface area contributed by atoms with Crippen molar-refractivity contribution in [3.63, 3.8) is 0 Å². The molecule has 0 spiro atoms. The van der Waals surface area contributed by atoms with Gasteiger partial charge in [0.15, 0.2) is 6.10 Å². The first-order valence-electron chi connectivity index (χ1n) is 26.6. The van der Waals surface area contributed by atoms with Crippen LogP contribution in [0.2, 0.25) is 0 Å². The minimum absolute atomic E-state index is 0.0976. The number of unbranched alkanes of at least 4 members (excludes halogenated alkanes) is 39. The predicted molar refractivity (Wildman–Crippen MR) is 252 cm³/mol. The van der Waals surface area contributed by atoms with Crippen molar-refractivity contribution in [3.05, 3.63) is 0 Å². The van der Waals surface area contributed by atoms with E-state index in [4.69, 9.17) is 14.2 Å². The highest BCUT2D eigenvalue weighted by Gasteiger charge is 2.17. The third-order valence-corrected chi connectivity index (χ3v) is 12.1. The Labute approximate surface area is 363 Å². The Kier molecular flexibility index (Phi) is 49.3. The van der Waals surface area contributed by atoms with Gasteiger partial charge < -0.3 is 14.2 Å². The van der Waals surface area contributed by atoms with E-state index in [0.717, 1.165) is 32.1 Å². The molecule has 0 bridgehead atoms. The van der Waals surface area contributed by atoms with E-state index >= 15 is 0 Å². The Morgan fingerprint density at radius 3 is 0.879 bits per heavy atom. The summed E-state index contributed by atoms with van der Waals surface area (Å²) in [5.74, 6) is -0.371. The molecule has 0 rings (SSSR count). The summed E-state index contributed by atoms with van der Waals surface area (Å²) in [6, 6.07) is 0. The summed E-state index contributed by atoms with van der Waals surface area (Å²) in [6.07, 6.45) is 55.4. The smallest absolute Gasteiger partial charge is 0.306 e. The zero-order chi connectivity index (χ0) is 42.1. The van der Waals surface area contributed by atoms with E-state index in [0.29, 0.717) is 26.1 Å².